The van der Waals surface area contributed by atoms with E-state index in [-0.39, 0.29) is 11.8 Å². The molecule has 1 N–H and O–H groups in total. The topological polar surface area (TPSA) is 62.3 Å². The third-order valence-corrected chi connectivity index (χ3v) is 5.94. The zero-order valence-corrected chi connectivity index (χ0v) is 16.6. The molecule has 2 heterocycles. The van der Waals surface area contributed by atoms with E-state index < -0.39 is 0 Å². The highest BCUT2D eigenvalue weighted by Crippen LogP contribution is 2.31. The number of nitrogens with zero attached hydrogens (tertiary/aromatic N) is 2. The first-order valence-electron chi connectivity index (χ1n) is 9.00. The molecule has 142 valence electrons. The second-order valence-corrected chi connectivity index (χ2v) is 7.95. The average Bonchev–Trinajstić information content (AvgIpc) is 3.36. The number of hydrogen-bond acceptors (Lipinski definition) is 4. The maximum atomic E-state index is 12.5. The van der Waals surface area contributed by atoms with E-state index in [0.29, 0.717) is 27.9 Å². The summed E-state index contributed by atoms with van der Waals surface area (Å²) in [4.78, 5) is 31.1. The van der Waals surface area contributed by atoms with E-state index in [9.17, 15) is 9.59 Å². The van der Waals surface area contributed by atoms with Gasteiger partial charge in [0.05, 0.1) is 11.2 Å². The summed E-state index contributed by atoms with van der Waals surface area (Å²) in [6.45, 7) is 1.13. The lowest BCUT2D eigenvalue weighted by Gasteiger charge is -2.16. The Labute approximate surface area is 172 Å². The molecule has 0 unspecified atom stereocenters. The van der Waals surface area contributed by atoms with Crippen molar-refractivity contribution in [2.75, 3.05) is 11.4 Å². The predicted octanol–water partition coefficient (Wildman–Crippen LogP) is 4.52. The van der Waals surface area contributed by atoms with Crippen LogP contribution in [0.5, 0.6) is 0 Å². The summed E-state index contributed by atoms with van der Waals surface area (Å²) in [5, 5.41) is 4.24. The zero-order chi connectivity index (χ0) is 19.5. The van der Waals surface area contributed by atoms with Gasteiger partial charge in [0.1, 0.15) is 9.88 Å². The van der Waals surface area contributed by atoms with Gasteiger partial charge in [-0.3, -0.25) is 9.59 Å². The van der Waals surface area contributed by atoms with Crippen LogP contribution in [0.15, 0.2) is 54.7 Å². The first-order chi connectivity index (χ1) is 13.6. The second-order valence-electron chi connectivity index (χ2n) is 6.51. The maximum absolute atomic E-state index is 12.5. The number of amides is 2. The molecule has 5 nitrogen and oxygen atoms in total. The van der Waals surface area contributed by atoms with Crippen LogP contribution in [-0.4, -0.2) is 23.3 Å². The smallest absolute Gasteiger partial charge is 0.263 e. The second kappa shape index (κ2) is 8.12. The molecule has 0 atom stereocenters. The van der Waals surface area contributed by atoms with Crippen LogP contribution in [0.4, 0.5) is 5.69 Å². The van der Waals surface area contributed by atoms with Gasteiger partial charge in [-0.2, -0.15) is 0 Å². The molecule has 0 bridgehead atoms. The van der Waals surface area contributed by atoms with Gasteiger partial charge in [-0.15, -0.1) is 11.3 Å². The summed E-state index contributed by atoms with van der Waals surface area (Å²) >= 11 is 7.51. The molecule has 3 aromatic rings. The zero-order valence-electron chi connectivity index (χ0n) is 15.0. The fourth-order valence-electron chi connectivity index (χ4n) is 3.16. The molecule has 2 aromatic carbocycles. The average molecular weight is 412 g/mol. The summed E-state index contributed by atoms with van der Waals surface area (Å²) < 4.78 is 0. The highest BCUT2D eigenvalue weighted by Gasteiger charge is 2.21. The number of anilines is 1. The Morgan fingerprint density at radius 2 is 2.07 bits per heavy atom. The summed E-state index contributed by atoms with van der Waals surface area (Å²) in [6, 6.07) is 15.2. The van der Waals surface area contributed by atoms with E-state index in [4.69, 9.17) is 11.6 Å². The van der Waals surface area contributed by atoms with Crippen molar-refractivity contribution in [2.45, 2.75) is 19.4 Å². The number of rotatable bonds is 5. The van der Waals surface area contributed by atoms with Crippen molar-refractivity contribution >= 4 is 40.4 Å². The Bertz CT molecular complexity index is 1030. The molecule has 0 aliphatic carbocycles. The van der Waals surface area contributed by atoms with Crippen molar-refractivity contribution in [1.29, 1.82) is 0 Å². The number of thiazole rings is 1. The molecule has 28 heavy (non-hydrogen) atoms. The number of hydrogen-bond donors (Lipinski definition) is 1. The fraction of sp³-hybridized carbons (Fsp3) is 0.190. The van der Waals surface area contributed by atoms with E-state index in [2.05, 4.69) is 10.3 Å². The molecule has 1 aromatic heterocycles. The van der Waals surface area contributed by atoms with E-state index in [1.54, 1.807) is 17.2 Å². The SMILES string of the molecule is O=C(NCc1cccc(N2CCCC2=O)c1)c1cnc(-c2ccccc2Cl)s1. The minimum absolute atomic E-state index is 0.151. The molecule has 2 amide bonds. The van der Waals surface area contributed by atoms with Crippen LogP contribution in [0.2, 0.25) is 5.02 Å². The first kappa shape index (κ1) is 18.7. The van der Waals surface area contributed by atoms with E-state index in [0.717, 1.165) is 29.8 Å². The van der Waals surface area contributed by atoms with E-state index >= 15 is 0 Å². The standard InChI is InChI=1S/C21H18ClN3O2S/c22-17-8-2-1-7-16(17)21-24-13-18(28-21)20(27)23-12-14-5-3-6-15(11-14)25-10-4-9-19(25)26/h1-3,5-8,11,13H,4,9-10,12H2,(H,23,27). The van der Waals surface area contributed by atoms with Gasteiger partial charge in [-0.25, -0.2) is 4.98 Å². The Balaban J connectivity index is 1.43. The summed E-state index contributed by atoms with van der Waals surface area (Å²) in [6.07, 6.45) is 3.05. The lowest BCUT2D eigenvalue weighted by molar-refractivity contribution is -0.117. The van der Waals surface area contributed by atoms with Crippen molar-refractivity contribution in [2.24, 2.45) is 0 Å². The van der Waals surface area contributed by atoms with Gasteiger partial charge < -0.3 is 10.2 Å². The Morgan fingerprint density at radius 3 is 2.86 bits per heavy atom. The quantitative estimate of drug-likeness (QED) is 0.671. The number of aromatic nitrogens is 1. The van der Waals surface area contributed by atoms with Gasteiger partial charge in [0.2, 0.25) is 5.91 Å². The largest absolute Gasteiger partial charge is 0.347 e. The van der Waals surface area contributed by atoms with E-state index in [1.807, 2.05) is 42.5 Å². The third kappa shape index (κ3) is 3.93. The van der Waals surface area contributed by atoms with Gasteiger partial charge in [-0.05, 0) is 30.2 Å². The molecule has 4 rings (SSSR count). The number of halogens is 1. The van der Waals surface area contributed by atoms with Crippen LogP contribution < -0.4 is 10.2 Å². The Hall–Kier alpha value is -2.70. The number of carbonyl (C=O) groups excluding carboxylic acids is 2. The lowest BCUT2D eigenvalue weighted by Crippen LogP contribution is -2.24. The van der Waals surface area contributed by atoms with Crippen molar-refractivity contribution in [1.82, 2.24) is 10.3 Å². The summed E-state index contributed by atoms with van der Waals surface area (Å²) in [5.41, 5.74) is 2.64. The maximum Gasteiger partial charge on any atom is 0.263 e. The van der Waals surface area contributed by atoms with Crippen LogP contribution in [0.25, 0.3) is 10.6 Å². The van der Waals surface area contributed by atoms with Crippen molar-refractivity contribution in [3.05, 3.63) is 70.2 Å². The molecular weight excluding hydrogens is 394 g/mol. The minimum Gasteiger partial charge on any atom is -0.347 e. The van der Waals surface area contributed by atoms with Gasteiger partial charge in [0.15, 0.2) is 0 Å². The van der Waals surface area contributed by atoms with Crippen LogP contribution in [-0.2, 0) is 11.3 Å². The number of benzene rings is 2. The van der Waals surface area contributed by atoms with Crippen molar-refractivity contribution in [3.63, 3.8) is 0 Å². The molecular formula is C21H18ClN3O2S. The third-order valence-electron chi connectivity index (χ3n) is 4.58. The highest BCUT2D eigenvalue weighted by atomic mass is 35.5. The Morgan fingerprint density at radius 1 is 1.21 bits per heavy atom. The van der Waals surface area contributed by atoms with Gasteiger partial charge >= 0.3 is 0 Å². The molecule has 1 saturated heterocycles. The van der Waals surface area contributed by atoms with Crippen LogP contribution in [0.1, 0.15) is 28.1 Å². The van der Waals surface area contributed by atoms with Crippen LogP contribution in [0, 0.1) is 0 Å². The molecule has 0 radical (unpaired) electrons. The normalized spacial score (nSPS) is 13.8. The van der Waals surface area contributed by atoms with E-state index in [1.165, 1.54) is 11.3 Å². The number of nitrogens with one attached hydrogen (secondary N) is 1. The monoisotopic (exact) mass is 411 g/mol. The predicted molar refractivity (Wildman–Crippen MR) is 112 cm³/mol. The molecule has 0 saturated carbocycles. The lowest BCUT2D eigenvalue weighted by atomic mass is 10.2. The Kier molecular flexibility index (Phi) is 5.41. The van der Waals surface area contributed by atoms with Crippen molar-refractivity contribution < 1.29 is 9.59 Å². The van der Waals surface area contributed by atoms with Gasteiger partial charge in [0, 0.05) is 30.8 Å². The molecule has 1 aliphatic heterocycles. The molecule has 1 fully saturated rings. The fourth-order valence-corrected chi connectivity index (χ4v) is 4.32. The van der Waals surface area contributed by atoms with Gasteiger partial charge in [-0.1, -0.05) is 41.9 Å². The van der Waals surface area contributed by atoms with Crippen LogP contribution >= 0.6 is 22.9 Å². The molecule has 7 heteroatoms. The summed E-state index contributed by atoms with van der Waals surface area (Å²) in [5.74, 6) is -0.0311. The first-order valence-corrected chi connectivity index (χ1v) is 10.2. The van der Waals surface area contributed by atoms with Crippen molar-refractivity contribution in [3.8, 4) is 10.6 Å². The minimum atomic E-state index is -0.182. The van der Waals surface area contributed by atoms with Gasteiger partial charge in [0.25, 0.3) is 5.91 Å². The number of carbonyl (C=O) groups is 2. The van der Waals surface area contributed by atoms with Crippen LogP contribution in [0.3, 0.4) is 0 Å². The molecule has 1 aliphatic rings. The highest BCUT2D eigenvalue weighted by molar-refractivity contribution is 7.17. The molecule has 0 spiro atoms. The summed E-state index contributed by atoms with van der Waals surface area (Å²) in [7, 11) is 0.